The smallest absolute Gasteiger partial charge is 0.224 e. The Kier molecular flexibility index (Phi) is 2.70. The molecule has 0 aromatic carbocycles. The van der Waals surface area contributed by atoms with Gasteiger partial charge in [-0.05, 0) is 18.8 Å². The Morgan fingerprint density at radius 3 is 2.93 bits per heavy atom. The molecule has 0 amide bonds. The second-order valence-electron chi connectivity index (χ2n) is 3.94. The summed E-state index contributed by atoms with van der Waals surface area (Å²) in [6.45, 7) is 0.872. The average Bonchev–Trinajstić information content (AvgIpc) is 3.02. The Labute approximate surface area is 88.5 Å². The molecule has 0 unspecified atom stereocenters. The van der Waals surface area contributed by atoms with Crippen molar-refractivity contribution in [1.29, 1.82) is 0 Å². The van der Waals surface area contributed by atoms with E-state index in [0.717, 1.165) is 6.54 Å². The lowest BCUT2D eigenvalue weighted by Crippen LogP contribution is -2.23. The summed E-state index contributed by atoms with van der Waals surface area (Å²) in [4.78, 5) is 9.77. The van der Waals surface area contributed by atoms with Crippen LogP contribution in [0.4, 0.5) is 16.2 Å². The van der Waals surface area contributed by atoms with Crippen LogP contribution in [0.3, 0.4) is 0 Å². The van der Waals surface area contributed by atoms with Gasteiger partial charge in [0.25, 0.3) is 0 Å². The van der Waals surface area contributed by atoms with Crippen LogP contribution in [0.1, 0.15) is 12.8 Å². The van der Waals surface area contributed by atoms with Crippen LogP contribution < -0.4 is 10.2 Å². The largest absolute Gasteiger partial charge is 0.357 e. The lowest BCUT2D eigenvalue weighted by atomic mass is 10.4. The Hall–Kier alpha value is -1.39. The Morgan fingerprint density at radius 1 is 1.60 bits per heavy atom. The second-order valence-corrected chi connectivity index (χ2v) is 3.94. The molecule has 0 aliphatic heterocycles. The number of nitrogens with zero attached hydrogens (tertiary/aromatic N) is 3. The van der Waals surface area contributed by atoms with E-state index in [2.05, 4.69) is 15.3 Å². The molecule has 1 heterocycles. The minimum absolute atomic E-state index is 0.364. The van der Waals surface area contributed by atoms with Crippen molar-refractivity contribution in [1.82, 2.24) is 9.97 Å². The van der Waals surface area contributed by atoms with E-state index in [9.17, 15) is 4.39 Å². The van der Waals surface area contributed by atoms with Crippen molar-refractivity contribution in [3.8, 4) is 0 Å². The molecule has 0 atom stereocenters. The Balaban J connectivity index is 2.16. The first-order valence-electron chi connectivity index (χ1n) is 5.12. The first kappa shape index (κ1) is 10.1. The van der Waals surface area contributed by atoms with E-state index in [1.54, 1.807) is 7.05 Å². The minimum atomic E-state index is -0.364. The van der Waals surface area contributed by atoms with Gasteiger partial charge in [-0.15, -0.1) is 0 Å². The molecule has 5 heteroatoms. The number of halogens is 1. The molecule has 0 saturated heterocycles. The molecule has 0 radical (unpaired) electrons. The fraction of sp³-hybridized carbons (Fsp3) is 0.600. The van der Waals surface area contributed by atoms with Gasteiger partial charge in [0.1, 0.15) is 0 Å². The van der Waals surface area contributed by atoms with E-state index >= 15 is 0 Å². The van der Waals surface area contributed by atoms with Crippen molar-refractivity contribution >= 4 is 11.8 Å². The number of rotatable bonds is 4. The van der Waals surface area contributed by atoms with Crippen LogP contribution in [-0.4, -0.2) is 30.6 Å². The summed E-state index contributed by atoms with van der Waals surface area (Å²) in [5.74, 6) is 1.18. The van der Waals surface area contributed by atoms with E-state index < -0.39 is 0 Å². The van der Waals surface area contributed by atoms with E-state index in [-0.39, 0.29) is 5.82 Å². The highest BCUT2D eigenvalue weighted by Gasteiger charge is 2.24. The van der Waals surface area contributed by atoms with Gasteiger partial charge in [-0.3, -0.25) is 0 Å². The zero-order valence-corrected chi connectivity index (χ0v) is 9.00. The zero-order valence-electron chi connectivity index (χ0n) is 9.00. The summed E-state index contributed by atoms with van der Waals surface area (Å²) in [7, 11) is 3.58. The number of hydrogen-bond acceptors (Lipinski definition) is 4. The van der Waals surface area contributed by atoms with E-state index in [1.165, 1.54) is 19.0 Å². The average molecular weight is 210 g/mol. The molecule has 15 heavy (non-hydrogen) atoms. The summed E-state index contributed by atoms with van der Waals surface area (Å²) in [6, 6.07) is 0. The highest BCUT2D eigenvalue weighted by molar-refractivity contribution is 5.43. The molecule has 1 saturated carbocycles. The predicted molar refractivity (Wildman–Crippen MR) is 57.5 cm³/mol. The van der Waals surface area contributed by atoms with Crippen LogP contribution in [0.25, 0.3) is 0 Å². The summed E-state index contributed by atoms with van der Waals surface area (Å²) < 4.78 is 13.4. The molecule has 1 aliphatic carbocycles. The maximum Gasteiger partial charge on any atom is 0.224 e. The molecular weight excluding hydrogens is 195 g/mol. The fourth-order valence-electron chi connectivity index (χ4n) is 1.52. The van der Waals surface area contributed by atoms with Gasteiger partial charge in [0.2, 0.25) is 5.95 Å². The fourth-order valence-corrected chi connectivity index (χ4v) is 1.52. The maximum atomic E-state index is 13.4. The Morgan fingerprint density at radius 2 is 2.33 bits per heavy atom. The monoisotopic (exact) mass is 210 g/mol. The lowest BCUT2D eigenvalue weighted by Gasteiger charge is -2.18. The van der Waals surface area contributed by atoms with Gasteiger partial charge in [-0.25, -0.2) is 9.37 Å². The third kappa shape index (κ3) is 2.34. The van der Waals surface area contributed by atoms with Crippen molar-refractivity contribution in [2.45, 2.75) is 12.8 Å². The first-order chi connectivity index (χ1) is 7.20. The van der Waals surface area contributed by atoms with Crippen molar-refractivity contribution < 1.29 is 4.39 Å². The predicted octanol–water partition coefficient (Wildman–Crippen LogP) is 1.50. The van der Waals surface area contributed by atoms with Crippen molar-refractivity contribution in [2.75, 3.05) is 30.9 Å². The van der Waals surface area contributed by atoms with Crippen LogP contribution in [0.2, 0.25) is 0 Å². The molecule has 0 spiro atoms. The molecule has 1 aromatic rings. The molecule has 2 rings (SSSR count). The number of nitrogens with one attached hydrogen (secondary N) is 1. The highest BCUT2D eigenvalue weighted by atomic mass is 19.1. The van der Waals surface area contributed by atoms with Gasteiger partial charge in [0.05, 0.1) is 6.20 Å². The van der Waals surface area contributed by atoms with Gasteiger partial charge in [-0.1, -0.05) is 0 Å². The number of anilines is 2. The van der Waals surface area contributed by atoms with Crippen LogP contribution in [0, 0.1) is 11.7 Å². The van der Waals surface area contributed by atoms with Crippen LogP contribution in [0.5, 0.6) is 0 Å². The van der Waals surface area contributed by atoms with Gasteiger partial charge in [-0.2, -0.15) is 4.98 Å². The minimum Gasteiger partial charge on any atom is -0.357 e. The molecule has 1 aromatic heterocycles. The van der Waals surface area contributed by atoms with Crippen molar-refractivity contribution in [3.63, 3.8) is 0 Å². The second kappa shape index (κ2) is 4.00. The SMILES string of the molecule is CNc1ncc(F)c(N(C)CC2CC2)n1. The van der Waals surface area contributed by atoms with Crippen LogP contribution >= 0.6 is 0 Å². The number of hydrogen-bond donors (Lipinski definition) is 1. The number of aromatic nitrogens is 2. The molecule has 1 aliphatic rings. The van der Waals surface area contributed by atoms with Gasteiger partial charge in [0, 0.05) is 20.6 Å². The van der Waals surface area contributed by atoms with E-state index in [0.29, 0.717) is 17.7 Å². The van der Waals surface area contributed by atoms with E-state index in [1.807, 2.05) is 11.9 Å². The first-order valence-corrected chi connectivity index (χ1v) is 5.12. The summed E-state index contributed by atoms with van der Waals surface area (Å²) >= 11 is 0. The molecule has 82 valence electrons. The molecule has 0 bridgehead atoms. The summed E-state index contributed by atoms with van der Waals surface area (Å²) in [5.41, 5.74) is 0. The molecule has 4 nitrogen and oxygen atoms in total. The van der Waals surface area contributed by atoms with Crippen molar-refractivity contribution in [3.05, 3.63) is 12.0 Å². The van der Waals surface area contributed by atoms with E-state index in [4.69, 9.17) is 0 Å². The lowest BCUT2D eigenvalue weighted by molar-refractivity contribution is 0.604. The van der Waals surface area contributed by atoms with Crippen molar-refractivity contribution in [2.24, 2.45) is 5.92 Å². The zero-order chi connectivity index (χ0) is 10.8. The summed E-state index contributed by atoms with van der Waals surface area (Å²) in [6.07, 6.45) is 3.70. The van der Waals surface area contributed by atoms with Gasteiger partial charge < -0.3 is 10.2 Å². The quantitative estimate of drug-likeness (QED) is 0.817. The standard InChI is InChI=1S/C10H15FN4/c1-12-10-13-5-8(11)9(14-10)15(2)6-7-3-4-7/h5,7H,3-4,6H2,1-2H3,(H,12,13,14). The van der Waals surface area contributed by atoms with Gasteiger partial charge in [0.15, 0.2) is 11.6 Å². The normalized spacial score (nSPS) is 15.1. The maximum absolute atomic E-state index is 13.4. The van der Waals surface area contributed by atoms with Crippen LogP contribution in [0.15, 0.2) is 6.20 Å². The topological polar surface area (TPSA) is 41.1 Å². The Bertz CT molecular complexity index is 351. The third-order valence-electron chi connectivity index (χ3n) is 2.54. The molecule has 1 fully saturated rings. The third-order valence-corrected chi connectivity index (χ3v) is 2.54. The van der Waals surface area contributed by atoms with Crippen LogP contribution in [-0.2, 0) is 0 Å². The summed E-state index contributed by atoms with van der Waals surface area (Å²) in [5, 5.41) is 2.80. The molecular formula is C10H15FN4. The van der Waals surface area contributed by atoms with Gasteiger partial charge >= 0.3 is 0 Å². The highest BCUT2D eigenvalue weighted by Crippen LogP contribution is 2.30. The molecule has 1 N–H and O–H groups in total.